The summed E-state index contributed by atoms with van der Waals surface area (Å²) in [7, 11) is 0. The molecular formula is C16H18FN3OS. The summed E-state index contributed by atoms with van der Waals surface area (Å²) in [5.41, 5.74) is 1.18. The number of aromatic amines is 1. The molecule has 1 saturated heterocycles. The van der Waals surface area contributed by atoms with Crippen LogP contribution in [-0.2, 0) is 0 Å². The fraction of sp³-hybridized carbons (Fsp3) is 0.375. The zero-order chi connectivity index (χ0) is 15.5. The molecule has 2 heterocycles. The van der Waals surface area contributed by atoms with Gasteiger partial charge in [0.15, 0.2) is 4.77 Å². The predicted octanol–water partition coefficient (Wildman–Crippen LogP) is 3.69. The summed E-state index contributed by atoms with van der Waals surface area (Å²) < 4.78 is 15.2. The van der Waals surface area contributed by atoms with E-state index in [2.05, 4.69) is 4.98 Å². The number of hydrogen-bond donors (Lipinski definition) is 1. The molecule has 2 aromatic rings. The summed E-state index contributed by atoms with van der Waals surface area (Å²) in [6.45, 7) is 1.56. The Morgan fingerprint density at radius 1 is 1.09 bits per heavy atom. The van der Waals surface area contributed by atoms with Gasteiger partial charge < -0.3 is 9.88 Å². The summed E-state index contributed by atoms with van der Waals surface area (Å²) in [5.74, 6) is -0.343. The van der Waals surface area contributed by atoms with Crippen LogP contribution in [0.3, 0.4) is 0 Å². The van der Waals surface area contributed by atoms with E-state index in [-0.39, 0.29) is 11.7 Å². The highest BCUT2D eigenvalue weighted by molar-refractivity contribution is 7.71. The number of amides is 1. The Labute approximate surface area is 133 Å². The lowest BCUT2D eigenvalue weighted by Crippen LogP contribution is -2.33. The molecule has 0 atom stereocenters. The van der Waals surface area contributed by atoms with E-state index in [1.807, 2.05) is 4.90 Å². The molecule has 1 N–H and O–H groups in total. The summed E-state index contributed by atoms with van der Waals surface area (Å²) in [6, 6.07) is 5.98. The molecule has 3 rings (SSSR count). The monoisotopic (exact) mass is 319 g/mol. The topological polar surface area (TPSA) is 41.0 Å². The minimum absolute atomic E-state index is 0.0291. The Balaban J connectivity index is 1.96. The zero-order valence-electron chi connectivity index (χ0n) is 12.2. The lowest BCUT2D eigenvalue weighted by atomic mass is 10.2. The highest BCUT2D eigenvalue weighted by Crippen LogP contribution is 2.17. The van der Waals surface area contributed by atoms with Gasteiger partial charge in [-0.25, -0.2) is 4.39 Å². The average Bonchev–Trinajstić information content (AvgIpc) is 2.75. The third kappa shape index (κ3) is 2.97. The molecule has 1 fully saturated rings. The van der Waals surface area contributed by atoms with Gasteiger partial charge >= 0.3 is 0 Å². The quantitative estimate of drug-likeness (QED) is 0.858. The fourth-order valence-corrected chi connectivity index (χ4v) is 3.07. The molecule has 0 saturated carbocycles. The molecular weight excluding hydrogens is 301 g/mol. The maximum absolute atomic E-state index is 13.1. The zero-order valence-corrected chi connectivity index (χ0v) is 13.0. The van der Waals surface area contributed by atoms with Gasteiger partial charge in [0.2, 0.25) is 0 Å². The number of halogens is 1. The molecule has 22 heavy (non-hydrogen) atoms. The van der Waals surface area contributed by atoms with Crippen LogP contribution in [0.25, 0.3) is 5.69 Å². The van der Waals surface area contributed by atoms with Crippen LogP contribution in [0.5, 0.6) is 0 Å². The number of imidazole rings is 1. The van der Waals surface area contributed by atoms with Gasteiger partial charge in [0, 0.05) is 25.0 Å². The number of hydrogen-bond acceptors (Lipinski definition) is 2. The second kappa shape index (κ2) is 6.44. The average molecular weight is 319 g/mol. The molecule has 0 aliphatic carbocycles. The van der Waals surface area contributed by atoms with Crippen molar-refractivity contribution in [3.63, 3.8) is 0 Å². The van der Waals surface area contributed by atoms with E-state index in [0.29, 0.717) is 16.2 Å². The summed E-state index contributed by atoms with van der Waals surface area (Å²) >= 11 is 5.28. The van der Waals surface area contributed by atoms with Crippen molar-refractivity contribution in [2.24, 2.45) is 0 Å². The van der Waals surface area contributed by atoms with Crippen molar-refractivity contribution in [2.45, 2.75) is 25.7 Å². The Kier molecular flexibility index (Phi) is 4.38. The third-order valence-corrected chi connectivity index (χ3v) is 4.27. The Morgan fingerprint density at radius 2 is 1.73 bits per heavy atom. The molecule has 0 spiro atoms. The minimum Gasteiger partial charge on any atom is -0.337 e. The van der Waals surface area contributed by atoms with Crippen LogP contribution in [0.15, 0.2) is 30.5 Å². The largest absolute Gasteiger partial charge is 0.337 e. The molecule has 1 aromatic heterocycles. The maximum atomic E-state index is 13.1. The highest BCUT2D eigenvalue weighted by Gasteiger charge is 2.21. The van der Waals surface area contributed by atoms with Gasteiger partial charge in [-0.1, -0.05) is 12.8 Å². The second-order valence-corrected chi connectivity index (χ2v) is 5.88. The number of carbonyl (C=O) groups excluding carboxylic acids is 1. The van der Waals surface area contributed by atoms with Gasteiger partial charge in [0.05, 0.1) is 0 Å². The van der Waals surface area contributed by atoms with Crippen LogP contribution in [0, 0.1) is 10.6 Å². The first kappa shape index (κ1) is 15.0. The number of aromatic nitrogens is 2. The number of nitrogens with zero attached hydrogens (tertiary/aromatic N) is 2. The Morgan fingerprint density at radius 3 is 2.36 bits per heavy atom. The molecule has 4 nitrogen and oxygen atoms in total. The van der Waals surface area contributed by atoms with Gasteiger partial charge in [-0.05, 0) is 49.3 Å². The van der Waals surface area contributed by atoms with E-state index in [9.17, 15) is 9.18 Å². The molecule has 0 bridgehead atoms. The molecule has 1 aliphatic rings. The van der Waals surface area contributed by atoms with Crippen LogP contribution in [0.4, 0.5) is 4.39 Å². The minimum atomic E-state index is -0.314. The third-order valence-electron chi connectivity index (χ3n) is 3.97. The van der Waals surface area contributed by atoms with Crippen LogP contribution in [-0.4, -0.2) is 33.4 Å². The van der Waals surface area contributed by atoms with Crippen molar-refractivity contribution < 1.29 is 9.18 Å². The van der Waals surface area contributed by atoms with E-state index >= 15 is 0 Å². The van der Waals surface area contributed by atoms with E-state index in [1.165, 1.54) is 25.0 Å². The smallest absolute Gasteiger partial charge is 0.272 e. The summed E-state index contributed by atoms with van der Waals surface area (Å²) in [4.78, 5) is 17.6. The number of carbonyl (C=O) groups is 1. The lowest BCUT2D eigenvalue weighted by molar-refractivity contribution is 0.0753. The molecule has 1 aromatic carbocycles. The van der Waals surface area contributed by atoms with Crippen LogP contribution in [0.1, 0.15) is 36.2 Å². The first-order valence-electron chi connectivity index (χ1n) is 7.52. The van der Waals surface area contributed by atoms with Gasteiger partial charge in [-0.15, -0.1) is 0 Å². The molecule has 116 valence electrons. The number of benzene rings is 1. The van der Waals surface area contributed by atoms with E-state index in [0.717, 1.165) is 25.9 Å². The molecule has 0 unspecified atom stereocenters. The van der Waals surface area contributed by atoms with Gasteiger partial charge in [0.25, 0.3) is 5.91 Å². The van der Waals surface area contributed by atoms with Crippen molar-refractivity contribution in [3.05, 3.63) is 46.7 Å². The number of likely N-dealkylation sites (tertiary alicyclic amines) is 1. The molecule has 6 heteroatoms. The molecule has 1 amide bonds. The standard InChI is InChI=1S/C16H18FN3OS/c17-12-5-7-13(8-6-12)20-14(11-18-16(20)22)15(21)19-9-3-1-2-4-10-19/h5-8,11H,1-4,9-10H2,(H,18,22). The fourth-order valence-electron chi connectivity index (χ4n) is 2.81. The predicted molar refractivity (Wildman–Crippen MR) is 85.3 cm³/mol. The van der Waals surface area contributed by atoms with E-state index < -0.39 is 0 Å². The molecule has 0 radical (unpaired) electrons. The van der Waals surface area contributed by atoms with Gasteiger partial charge in [-0.3, -0.25) is 9.36 Å². The Hall–Kier alpha value is -1.95. The van der Waals surface area contributed by atoms with Crippen molar-refractivity contribution in [1.29, 1.82) is 0 Å². The van der Waals surface area contributed by atoms with Crippen molar-refractivity contribution in [1.82, 2.24) is 14.5 Å². The number of nitrogens with one attached hydrogen (secondary N) is 1. The maximum Gasteiger partial charge on any atom is 0.272 e. The SMILES string of the molecule is O=C(c1c[nH]c(=S)n1-c1ccc(F)cc1)N1CCCCCC1. The van der Waals surface area contributed by atoms with E-state index in [4.69, 9.17) is 12.2 Å². The lowest BCUT2D eigenvalue weighted by Gasteiger charge is -2.20. The van der Waals surface area contributed by atoms with Gasteiger partial charge in [-0.2, -0.15) is 0 Å². The second-order valence-electron chi connectivity index (χ2n) is 5.50. The summed E-state index contributed by atoms with van der Waals surface area (Å²) in [6.07, 6.45) is 6.04. The normalized spacial score (nSPS) is 15.6. The number of H-pyrrole nitrogens is 1. The van der Waals surface area contributed by atoms with Crippen molar-refractivity contribution in [2.75, 3.05) is 13.1 Å². The van der Waals surface area contributed by atoms with Crippen LogP contribution in [0.2, 0.25) is 0 Å². The van der Waals surface area contributed by atoms with Gasteiger partial charge in [0.1, 0.15) is 11.5 Å². The van der Waals surface area contributed by atoms with Crippen LogP contribution < -0.4 is 0 Å². The number of rotatable bonds is 2. The Bertz CT molecular complexity index is 712. The van der Waals surface area contributed by atoms with Crippen molar-refractivity contribution in [3.8, 4) is 5.69 Å². The first-order chi connectivity index (χ1) is 10.7. The highest BCUT2D eigenvalue weighted by atomic mass is 32.1. The summed E-state index contributed by atoms with van der Waals surface area (Å²) in [5, 5.41) is 0. The first-order valence-corrected chi connectivity index (χ1v) is 7.93. The van der Waals surface area contributed by atoms with E-state index in [1.54, 1.807) is 22.9 Å². The molecule has 1 aliphatic heterocycles. The van der Waals surface area contributed by atoms with Crippen LogP contribution >= 0.6 is 12.2 Å². The van der Waals surface area contributed by atoms with Crippen molar-refractivity contribution >= 4 is 18.1 Å².